The number of nitrogens with zero attached hydrogens (tertiary/aromatic N) is 3. The molecule has 1 aliphatic heterocycles. The molecular formula is C20H25N3O2. The highest BCUT2D eigenvalue weighted by Crippen LogP contribution is 2.31. The SMILES string of the molecule is CN(C(=O)c1cccc2ncccc12)[C@@H]1CC[C@@H](N2CCCC2)[C@@H]1O. The van der Waals surface area contributed by atoms with E-state index in [1.807, 2.05) is 37.4 Å². The van der Waals surface area contributed by atoms with Crippen molar-refractivity contribution in [3.05, 3.63) is 42.1 Å². The average molecular weight is 339 g/mol. The smallest absolute Gasteiger partial charge is 0.254 e. The fourth-order valence-electron chi connectivity index (χ4n) is 4.46. The summed E-state index contributed by atoms with van der Waals surface area (Å²) in [7, 11) is 1.82. The standard InChI is InChI=1S/C20H25N3O2/c1-22(17-9-10-18(19(17)24)23-12-2-3-13-23)20(25)15-6-4-8-16-14(15)7-5-11-21-16/h4-8,11,17-19,24H,2-3,9-10,12-13H2,1H3/t17-,18-,19-/m1/s1. The molecule has 2 heterocycles. The molecule has 1 aromatic heterocycles. The van der Waals surface area contributed by atoms with Gasteiger partial charge in [-0.05, 0) is 57.0 Å². The normalized spacial score (nSPS) is 27.0. The lowest BCUT2D eigenvalue weighted by Gasteiger charge is -2.32. The number of hydrogen-bond donors (Lipinski definition) is 1. The van der Waals surface area contributed by atoms with Gasteiger partial charge in [0.1, 0.15) is 0 Å². The lowest BCUT2D eigenvalue weighted by Crippen LogP contribution is -2.48. The molecule has 1 N–H and O–H groups in total. The summed E-state index contributed by atoms with van der Waals surface area (Å²) >= 11 is 0. The molecule has 2 aromatic rings. The summed E-state index contributed by atoms with van der Waals surface area (Å²) in [6.07, 6.45) is 5.51. The van der Waals surface area contributed by atoms with E-state index in [1.165, 1.54) is 12.8 Å². The first-order chi connectivity index (χ1) is 12.2. The van der Waals surface area contributed by atoms with Crippen molar-refractivity contribution in [3.63, 3.8) is 0 Å². The molecule has 1 amide bonds. The van der Waals surface area contributed by atoms with Crippen LogP contribution in [0.1, 0.15) is 36.0 Å². The van der Waals surface area contributed by atoms with Gasteiger partial charge in [-0.15, -0.1) is 0 Å². The number of aliphatic hydroxyl groups is 1. The molecule has 0 bridgehead atoms. The van der Waals surface area contributed by atoms with Gasteiger partial charge in [0.15, 0.2) is 0 Å². The molecule has 5 nitrogen and oxygen atoms in total. The lowest BCUT2D eigenvalue weighted by molar-refractivity contribution is 0.0297. The van der Waals surface area contributed by atoms with Crippen molar-refractivity contribution in [2.24, 2.45) is 0 Å². The molecule has 1 saturated heterocycles. The number of fused-ring (bicyclic) bond motifs is 1. The van der Waals surface area contributed by atoms with E-state index in [4.69, 9.17) is 0 Å². The van der Waals surface area contributed by atoms with Gasteiger partial charge < -0.3 is 10.0 Å². The summed E-state index contributed by atoms with van der Waals surface area (Å²) in [6, 6.07) is 9.49. The molecule has 1 saturated carbocycles. The van der Waals surface area contributed by atoms with E-state index in [0.29, 0.717) is 5.56 Å². The zero-order valence-corrected chi connectivity index (χ0v) is 14.6. The van der Waals surface area contributed by atoms with Crippen molar-refractivity contribution in [1.29, 1.82) is 0 Å². The van der Waals surface area contributed by atoms with E-state index in [-0.39, 0.29) is 18.0 Å². The van der Waals surface area contributed by atoms with Crippen LogP contribution < -0.4 is 0 Å². The first kappa shape index (κ1) is 16.5. The number of rotatable bonds is 3. The molecule has 1 aromatic carbocycles. The van der Waals surface area contributed by atoms with Crippen molar-refractivity contribution in [1.82, 2.24) is 14.8 Å². The highest BCUT2D eigenvalue weighted by atomic mass is 16.3. The third kappa shape index (κ3) is 2.92. The monoisotopic (exact) mass is 339 g/mol. The molecule has 2 aliphatic rings. The number of aliphatic hydroxyl groups excluding tert-OH is 1. The molecule has 3 atom stereocenters. The number of carbonyl (C=O) groups excluding carboxylic acids is 1. The quantitative estimate of drug-likeness (QED) is 0.932. The molecule has 0 radical (unpaired) electrons. The zero-order valence-electron chi connectivity index (χ0n) is 14.6. The van der Waals surface area contributed by atoms with Gasteiger partial charge in [0.2, 0.25) is 0 Å². The van der Waals surface area contributed by atoms with Crippen LogP contribution in [0, 0.1) is 0 Å². The first-order valence-corrected chi connectivity index (χ1v) is 9.20. The first-order valence-electron chi connectivity index (χ1n) is 9.20. The minimum Gasteiger partial charge on any atom is -0.389 e. The van der Waals surface area contributed by atoms with Crippen LogP contribution >= 0.6 is 0 Å². The second-order valence-electron chi connectivity index (χ2n) is 7.24. The average Bonchev–Trinajstić information content (AvgIpc) is 3.29. The van der Waals surface area contributed by atoms with Crippen molar-refractivity contribution in [3.8, 4) is 0 Å². The molecule has 25 heavy (non-hydrogen) atoms. The second-order valence-corrected chi connectivity index (χ2v) is 7.24. The fourth-order valence-corrected chi connectivity index (χ4v) is 4.46. The maximum Gasteiger partial charge on any atom is 0.254 e. The van der Waals surface area contributed by atoms with E-state index in [2.05, 4.69) is 9.88 Å². The molecule has 0 unspecified atom stereocenters. The van der Waals surface area contributed by atoms with E-state index in [1.54, 1.807) is 11.1 Å². The summed E-state index contributed by atoms with van der Waals surface area (Å²) in [5.41, 5.74) is 1.48. The summed E-state index contributed by atoms with van der Waals surface area (Å²) < 4.78 is 0. The summed E-state index contributed by atoms with van der Waals surface area (Å²) in [5.74, 6) is -0.0373. The molecule has 5 heteroatoms. The van der Waals surface area contributed by atoms with Gasteiger partial charge in [-0.1, -0.05) is 12.1 Å². The Labute approximate surface area is 148 Å². The van der Waals surface area contributed by atoms with E-state index in [9.17, 15) is 9.90 Å². The summed E-state index contributed by atoms with van der Waals surface area (Å²) in [5, 5.41) is 11.7. The minimum atomic E-state index is -0.472. The predicted molar refractivity (Wildman–Crippen MR) is 97.5 cm³/mol. The Morgan fingerprint density at radius 2 is 2.00 bits per heavy atom. The fraction of sp³-hybridized carbons (Fsp3) is 0.500. The van der Waals surface area contributed by atoms with E-state index >= 15 is 0 Å². The molecule has 0 spiro atoms. The highest BCUT2D eigenvalue weighted by molar-refractivity contribution is 6.06. The lowest BCUT2D eigenvalue weighted by atomic mass is 10.1. The van der Waals surface area contributed by atoms with Crippen LogP contribution in [-0.4, -0.2) is 64.1 Å². The van der Waals surface area contributed by atoms with Gasteiger partial charge >= 0.3 is 0 Å². The van der Waals surface area contributed by atoms with E-state index < -0.39 is 6.10 Å². The van der Waals surface area contributed by atoms with Gasteiger partial charge in [-0.25, -0.2) is 0 Å². The van der Waals surface area contributed by atoms with Gasteiger partial charge in [-0.2, -0.15) is 0 Å². The number of carbonyl (C=O) groups is 1. The third-order valence-electron chi connectivity index (χ3n) is 5.85. The number of aromatic nitrogens is 1. The number of pyridine rings is 1. The largest absolute Gasteiger partial charge is 0.389 e. The Kier molecular flexibility index (Phi) is 4.44. The Hall–Kier alpha value is -1.98. The Morgan fingerprint density at radius 1 is 1.20 bits per heavy atom. The molecule has 4 rings (SSSR count). The number of hydrogen-bond acceptors (Lipinski definition) is 4. The van der Waals surface area contributed by atoms with Crippen LogP contribution in [-0.2, 0) is 0 Å². The molecular weight excluding hydrogens is 314 g/mol. The van der Waals surface area contributed by atoms with Crippen LogP contribution in [0.3, 0.4) is 0 Å². The number of likely N-dealkylation sites (N-methyl/N-ethyl adjacent to an activating group) is 1. The van der Waals surface area contributed by atoms with Crippen LogP contribution in [0.25, 0.3) is 10.9 Å². The minimum absolute atomic E-state index is 0.0373. The van der Waals surface area contributed by atoms with Gasteiger partial charge in [0.25, 0.3) is 5.91 Å². The van der Waals surface area contributed by atoms with E-state index in [0.717, 1.165) is 36.8 Å². The summed E-state index contributed by atoms with van der Waals surface area (Å²) in [6.45, 7) is 2.14. The maximum absolute atomic E-state index is 13.1. The Bertz CT molecular complexity index is 767. The number of likely N-dealkylation sites (tertiary alicyclic amines) is 1. The maximum atomic E-state index is 13.1. The van der Waals surface area contributed by atoms with Crippen LogP contribution in [0.5, 0.6) is 0 Å². The summed E-state index contributed by atoms with van der Waals surface area (Å²) in [4.78, 5) is 21.6. The van der Waals surface area contributed by atoms with Crippen LogP contribution in [0.4, 0.5) is 0 Å². The topological polar surface area (TPSA) is 56.7 Å². The van der Waals surface area contributed by atoms with Crippen molar-refractivity contribution in [2.45, 2.75) is 43.9 Å². The van der Waals surface area contributed by atoms with Gasteiger partial charge in [0.05, 0.1) is 17.7 Å². The number of benzene rings is 1. The number of amides is 1. The van der Waals surface area contributed by atoms with Crippen LogP contribution in [0.15, 0.2) is 36.5 Å². The third-order valence-corrected chi connectivity index (χ3v) is 5.85. The second kappa shape index (κ2) is 6.73. The van der Waals surface area contributed by atoms with Crippen molar-refractivity contribution < 1.29 is 9.90 Å². The molecule has 2 fully saturated rings. The van der Waals surface area contributed by atoms with Gasteiger partial charge in [0, 0.05) is 30.2 Å². The van der Waals surface area contributed by atoms with Crippen LogP contribution in [0.2, 0.25) is 0 Å². The molecule has 1 aliphatic carbocycles. The predicted octanol–water partition coefficient (Wildman–Crippen LogP) is 2.29. The van der Waals surface area contributed by atoms with Gasteiger partial charge in [-0.3, -0.25) is 14.7 Å². The Morgan fingerprint density at radius 3 is 2.80 bits per heavy atom. The zero-order chi connectivity index (χ0) is 17.4. The van der Waals surface area contributed by atoms with Crippen molar-refractivity contribution >= 4 is 16.8 Å². The molecule has 132 valence electrons. The highest BCUT2D eigenvalue weighted by Gasteiger charge is 2.42. The van der Waals surface area contributed by atoms with Crippen molar-refractivity contribution in [2.75, 3.05) is 20.1 Å². The Balaban J connectivity index is 1.56.